The Balaban J connectivity index is 1.33. The zero-order valence-corrected chi connectivity index (χ0v) is 18.0. The van der Waals surface area contributed by atoms with Gasteiger partial charge in [0.05, 0.1) is 25.7 Å². The van der Waals surface area contributed by atoms with Gasteiger partial charge in [-0.15, -0.1) is 11.3 Å². The van der Waals surface area contributed by atoms with E-state index in [9.17, 15) is 14.9 Å². The molecule has 0 bridgehead atoms. The Morgan fingerprint density at radius 2 is 1.75 bits per heavy atom. The number of nitrogens with one attached hydrogen (secondary N) is 1. The molecule has 0 radical (unpaired) electrons. The molecule has 1 aliphatic rings. The van der Waals surface area contributed by atoms with Crippen molar-refractivity contribution in [3.63, 3.8) is 0 Å². The summed E-state index contributed by atoms with van der Waals surface area (Å²) in [5.41, 5.74) is 3.42. The summed E-state index contributed by atoms with van der Waals surface area (Å²) < 4.78 is 1.14. The Hall–Kier alpha value is -3.82. The molecule has 1 fully saturated rings. The van der Waals surface area contributed by atoms with Crippen LogP contribution in [-0.4, -0.2) is 21.0 Å². The standard InChI is InChI=1S/C23H14N4O3S2/c28-21-20(13-14-5-11-17(12-6-14)27(29)30)32-23(26-21)24-16-9-7-15(8-10-16)22-25-18-3-1-2-4-19(18)31-22/h1-13H,(H,24,26,28)/b20-13+. The number of nitrogens with zero attached hydrogens (tertiary/aromatic N) is 3. The Morgan fingerprint density at radius 1 is 1.00 bits per heavy atom. The quantitative estimate of drug-likeness (QED) is 0.238. The average molecular weight is 459 g/mol. The highest BCUT2D eigenvalue weighted by atomic mass is 32.2. The van der Waals surface area contributed by atoms with E-state index in [1.807, 2.05) is 42.5 Å². The molecule has 1 N–H and O–H groups in total. The van der Waals surface area contributed by atoms with Crippen LogP contribution in [0.2, 0.25) is 0 Å². The van der Waals surface area contributed by atoms with Gasteiger partial charge in [0.25, 0.3) is 11.6 Å². The fourth-order valence-electron chi connectivity index (χ4n) is 3.12. The fraction of sp³-hybridized carbons (Fsp3) is 0. The Morgan fingerprint density at radius 3 is 2.47 bits per heavy atom. The van der Waals surface area contributed by atoms with Gasteiger partial charge in [-0.2, -0.15) is 0 Å². The Labute approximate surface area is 190 Å². The van der Waals surface area contributed by atoms with E-state index >= 15 is 0 Å². The number of amidine groups is 1. The third-order valence-electron chi connectivity index (χ3n) is 4.69. The summed E-state index contributed by atoms with van der Waals surface area (Å²) in [5.74, 6) is -0.252. The first-order chi connectivity index (χ1) is 15.5. The lowest BCUT2D eigenvalue weighted by molar-refractivity contribution is -0.384. The van der Waals surface area contributed by atoms with E-state index in [0.717, 1.165) is 20.8 Å². The first-order valence-corrected chi connectivity index (χ1v) is 11.2. The normalized spacial score (nSPS) is 16.1. The molecule has 1 saturated heterocycles. The van der Waals surface area contributed by atoms with Crippen molar-refractivity contribution in [2.75, 3.05) is 0 Å². The van der Waals surface area contributed by atoms with Crippen molar-refractivity contribution in [2.45, 2.75) is 0 Å². The fourth-order valence-corrected chi connectivity index (χ4v) is 4.93. The highest BCUT2D eigenvalue weighted by molar-refractivity contribution is 8.18. The van der Waals surface area contributed by atoms with Crippen LogP contribution in [-0.2, 0) is 4.79 Å². The number of benzene rings is 3. The number of aliphatic imine (C=N–C) groups is 1. The van der Waals surface area contributed by atoms with Gasteiger partial charge >= 0.3 is 0 Å². The summed E-state index contributed by atoms with van der Waals surface area (Å²) in [7, 11) is 0. The largest absolute Gasteiger partial charge is 0.300 e. The van der Waals surface area contributed by atoms with Gasteiger partial charge in [0.1, 0.15) is 5.01 Å². The lowest BCUT2D eigenvalue weighted by atomic mass is 10.2. The Kier molecular flexibility index (Phi) is 5.26. The molecule has 0 atom stereocenters. The molecule has 0 unspecified atom stereocenters. The van der Waals surface area contributed by atoms with Crippen LogP contribution in [0, 0.1) is 10.1 Å². The molecule has 5 rings (SSSR count). The minimum atomic E-state index is -0.458. The molecule has 1 aliphatic heterocycles. The number of nitro groups is 1. The van der Waals surface area contributed by atoms with Gasteiger partial charge in [-0.3, -0.25) is 14.9 Å². The summed E-state index contributed by atoms with van der Waals surface area (Å²) in [5, 5.41) is 15.0. The number of non-ortho nitro benzene ring substituents is 1. The smallest absolute Gasteiger partial charge is 0.269 e. The summed E-state index contributed by atoms with van der Waals surface area (Å²) in [4.78, 5) is 32.3. The minimum Gasteiger partial charge on any atom is -0.300 e. The van der Waals surface area contributed by atoms with Crippen LogP contribution in [0.5, 0.6) is 0 Å². The average Bonchev–Trinajstić information content (AvgIpc) is 3.38. The van der Waals surface area contributed by atoms with E-state index in [4.69, 9.17) is 0 Å². The van der Waals surface area contributed by atoms with Crippen molar-refractivity contribution in [2.24, 2.45) is 4.99 Å². The number of aromatic nitrogens is 1. The van der Waals surface area contributed by atoms with E-state index in [-0.39, 0.29) is 11.6 Å². The molecule has 32 heavy (non-hydrogen) atoms. The molecule has 3 aromatic carbocycles. The number of rotatable bonds is 4. The van der Waals surface area contributed by atoms with Gasteiger partial charge in [-0.1, -0.05) is 12.1 Å². The van der Waals surface area contributed by atoms with Crippen LogP contribution in [0.15, 0.2) is 82.7 Å². The molecule has 0 spiro atoms. The number of thiazole rings is 1. The maximum absolute atomic E-state index is 12.3. The molecule has 1 amide bonds. The van der Waals surface area contributed by atoms with E-state index in [1.54, 1.807) is 29.5 Å². The number of thioether (sulfide) groups is 1. The number of amides is 1. The van der Waals surface area contributed by atoms with Crippen molar-refractivity contribution in [1.29, 1.82) is 0 Å². The molecule has 1 aromatic heterocycles. The Bertz CT molecular complexity index is 1370. The van der Waals surface area contributed by atoms with Crippen LogP contribution in [0.3, 0.4) is 0 Å². The molecule has 7 nitrogen and oxygen atoms in total. The molecular formula is C23H14N4O3S2. The maximum Gasteiger partial charge on any atom is 0.269 e. The van der Waals surface area contributed by atoms with Gasteiger partial charge in [0.2, 0.25) is 0 Å². The molecule has 0 saturated carbocycles. The van der Waals surface area contributed by atoms with Crippen molar-refractivity contribution in [3.05, 3.63) is 93.4 Å². The SMILES string of the molecule is O=C1NC(=Nc2ccc(-c3nc4ccccc4s3)cc2)S/C1=C/c1ccc([N+](=O)[O-])cc1. The third kappa shape index (κ3) is 4.16. The van der Waals surface area contributed by atoms with Crippen molar-refractivity contribution in [1.82, 2.24) is 10.3 Å². The van der Waals surface area contributed by atoms with Gasteiger partial charge < -0.3 is 5.32 Å². The second-order valence-corrected chi connectivity index (χ2v) is 8.93. The van der Waals surface area contributed by atoms with Crippen LogP contribution in [0.1, 0.15) is 5.56 Å². The second kappa shape index (κ2) is 8.37. The topological polar surface area (TPSA) is 97.5 Å². The van der Waals surface area contributed by atoms with Crippen molar-refractivity contribution < 1.29 is 9.72 Å². The first kappa shape index (κ1) is 20.1. The van der Waals surface area contributed by atoms with Crippen molar-refractivity contribution in [3.8, 4) is 10.6 Å². The maximum atomic E-state index is 12.3. The van der Waals surface area contributed by atoms with Crippen LogP contribution >= 0.6 is 23.1 Å². The van der Waals surface area contributed by atoms with Gasteiger partial charge in [0.15, 0.2) is 5.17 Å². The van der Waals surface area contributed by atoms with Crippen molar-refractivity contribution >= 4 is 61.8 Å². The highest BCUT2D eigenvalue weighted by Crippen LogP contribution is 2.32. The number of carbonyl (C=O) groups excluding carboxylic acids is 1. The molecule has 4 aromatic rings. The predicted octanol–water partition coefficient (Wildman–Crippen LogP) is 5.76. The third-order valence-corrected chi connectivity index (χ3v) is 6.69. The molecule has 9 heteroatoms. The molecule has 2 heterocycles. The monoisotopic (exact) mass is 458 g/mol. The van der Waals surface area contributed by atoms with E-state index in [2.05, 4.69) is 21.4 Å². The minimum absolute atomic E-state index is 0.00669. The van der Waals surface area contributed by atoms with Crippen LogP contribution in [0.4, 0.5) is 11.4 Å². The zero-order valence-electron chi connectivity index (χ0n) is 16.4. The summed E-state index contributed by atoms with van der Waals surface area (Å²) >= 11 is 2.87. The lowest BCUT2D eigenvalue weighted by Crippen LogP contribution is -2.19. The second-order valence-electron chi connectivity index (χ2n) is 6.86. The molecule has 156 valence electrons. The number of para-hydroxylation sites is 1. The van der Waals surface area contributed by atoms with E-state index < -0.39 is 4.92 Å². The number of hydrogen-bond acceptors (Lipinski definition) is 7. The summed E-state index contributed by atoms with van der Waals surface area (Å²) in [6, 6.07) is 21.8. The summed E-state index contributed by atoms with van der Waals surface area (Å²) in [6.45, 7) is 0. The number of fused-ring (bicyclic) bond motifs is 1. The number of hydrogen-bond donors (Lipinski definition) is 1. The molecular weight excluding hydrogens is 444 g/mol. The zero-order chi connectivity index (χ0) is 22.1. The first-order valence-electron chi connectivity index (χ1n) is 9.55. The van der Waals surface area contributed by atoms with E-state index in [1.165, 1.54) is 23.9 Å². The highest BCUT2D eigenvalue weighted by Gasteiger charge is 2.24. The van der Waals surface area contributed by atoms with E-state index in [0.29, 0.717) is 21.3 Å². The van der Waals surface area contributed by atoms with Gasteiger partial charge in [-0.25, -0.2) is 9.98 Å². The van der Waals surface area contributed by atoms with Gasteiger partial charge in [-0.05, 0) is 71.9 Å². The predicted molar refractivity (Wildman–Crippen MR) is 129 cm³/mol. The van der Waals surface area contributed by atoms with Crippen LogP contribution < -0.4 is 5.32 Å². The van der Waals surface area contributed by atoms with Crippen LogP contribution in [0.25, 0.3) is 26.9 Å². The summed E-state index contributed by atoms with van der Waals surface area (Å²) in [6.07, 6.45) is 1.68. The number of nitro benzene ring substituents is 1. The number of carbonyl (C=O) groups is 1. The van der Waals surface area contributed by atoms with Gasteiger partial charge in [0, 0.05) is 17.7 Å². The lowest BCUT2D eigenvalue weighted by Gasteiger charge is -1.99. The molecule has 0 aliphatic carbocycles.